The van der Waals surface area contributed by atoms with E-state index in [1.165, 1.54) is 28.9 Å². The second-order valence-corrected chi connectivity index (χ2v) is 10.8. The molecule has 0 aromatic heterocycles. The summed E-state index contributed by atoms with van der Waals surface area (Å²) in [5.41, 5.74) is 4.38. The summed E-state index contributed by atoms with van der Waals surface area (Å²) >= 11 is 0. The molecule has 6 nitrogen and oxygen atoms in total. The lowest BCUT2D eigenvalue weighted by Gasteiger charge is -2.25. The number of hydrogen-bond acceptors (Lipinski definition) is 4. The molecule has 0 radical (unpaired) electrons. The average Bonchev–Trinajstić information content (AvgIpc) is 3.54. The van der Waals surface area contributed by atoms with Gasteiger partial charge in [0.05, 0.1) is 10.6 Å². The van der Waals surface area contributed by atoms with Crippen LogP contribution in [0.25, 0.3) is 0 Å². The zero-order valence-electron chi connectivity index (χ0n) is 19.4. The fourth-order valence-corrected chi connectivity index (χ4v) is 6.48. The fourth-order valence-electron chi connectivity index (χ4n) is 4.93. The van der Waals surface area contributed by atoms with Gasteiger partial charge in [0.15, 0.2) is 0 Å². The van der Waals surface area contributed by atoms with E-state index in [0.29, 0.717) is 25.1 Å². The number of nitrogens with zero attached hydrogens (tertiary/aromatic N) is 3. The Kier molecular flexibility index (Phi) is 6.04. The molecule has 7 heteroatoms. The van der Waals surface area contributed by atoms with Crippen LogP contribution >= 0.6 is 0 Å². The summed E-state index contributed by atoms with van der Waals surface area (Å²) in [7, 11) is -1.99. The number of hydrogen-bond donors (Lipinski definition) is 0. The van der Waals surface area contributed by atoms with Gasteiger partial charge in [-0.25, -0.2) is 8.42 Å². The van der Waals surface area contributed by atoms with Gasteiger partial charge in [0, 0.05) is 44.5 Å². The smallest absolute Gasteiger partial charge is 0.264 e. The van der Waals surface area contributed by atoms with Crippen LogP contribution in [0.4, 0.5) is 11.4 Å². The molecule has 0 N–H and O–H groups in total. The molecule has 3 aromatic rings. The van der Waals surface area contributed by atoms with Gasteiger partial charge in [-0.15, -0.1) is 0 Å². The van der Waals surface area contributed by atoms with Crippen molar-refractivity contribution in [2.75, 3.05) is 35.9 Å². The summed E-state index contributed by atoms with van der Waals surface area (Å²) in [5, 5.41) is 0. The minimum atomic E-state index is -3.75. The summed E-state index contributed by atoms with van der Waals surface area (Å²) in [5.74, 6) is -0.199. The zero-order valence-corrected chi connectivity index (χ0v) is 20.2. The summed E-state index contributed by atoms with van der Waals surface area (Å²) in [6, 6.07) is 22.2. The van der Waals surface area contributed by atoms with Crippen molar-refractivity contribution in [3.63, 3.8) is 0 Å². The molecule has 0 atom stereocenters. The van der Waals surface area contributed by atoms with Crippen molar-refractivity contribution < 1.29 is 13.2 Å². The molecule has 2 aliphatic rings. The van der Waals surface area contributed by atoms with Gasteiger partial charge in [0.25, 0.3) is 15.9 Å². The predicted octanol–water partition coefficient (Wildman–Crippen LogP) is 4.31. The minimum Gasteiger partial charge on any atom is -0.371 e. The lowest BCUT2D eigenvalue weighted by Crippen LogP contribution is -2.30. The molecule has 2 aliphatic heterocycles. The summed E-state index contributed by atoms with van der Waals surface area (Å²) in [6.45, 7) is 2.94. The number of carbonyl (C=O) groups excluding carboxylic acids is 1. The topological polar surface area (TPSA) is 60.9 Å². The van der Waals surface area contributed by atoms with E-state index < -0.39 is 10.0 Å². The van der Waals surface area contributed by atoms with Crippen molar-refractivity contribution in [2.45, 2.75) is 30.7 Å². The molecule has 0 spiro atoms. The quantitative estimate of drug-likeness (QED) is 0.533. The van der Waals surface area contributed by atoms with Crippen LogP contribution in [0, 0.1) is 0 Å². The third kappa shape index (κ3) is 4.16. The van der Waals surface area contributed by atoms with Crippen LogP contribution in [-0.4, -0.2) is 45.9 Å². The minimum absolute atomic E-state index is 0.140. The molecule has 1 fully saturated rings. The molecule has 0 saturated carbocycles. The van der Waals surface area contributed by atoms with E-state index in [-0.39, 0.29) is 10.8 Å². The van der Waals surface area contributed by atoms with Crippen molar-refractivity contribution in [1.82, 2.24) is 4.90 Å². The van der Waals surface area contributed by atoms with Crippen LogP contribution in [0.3, 0.4) is 0 Å². The van der Waals surface area contributed by atoms with E-state index in [1.54, 1.807) is 30.1 Å². The number of benzene rings is 3. The number of rotatable bonds is 6. The van der Waals surface area contributed by atoms with Gasteiger partial charge in [0.1, 0.15) is 0 Å². The largest absolute Gasteiger partial charge is 0.371 e. The average molecular weight is 476 g/mol. The first-order valence-electron chi connectivity index (χ1n) is 11.7. The number of carbonyl (C=O) groups is 1. The lowest BCUT2D eigenvalue weighted by atomic mass is 10.1. The Morgan fingerprint density at radius 2 is 1.59 bits per heavy atom. The van der Waals surface area contributed by atoms with Crippen LogP contribution in [-0.2, 0) is 23.0 Å². The van der Waals surface area contributed by atoms with Crippen molar-refractivity contribution in [1.29, 1.82) is 0 Å². The maximum Gasteiger partial charge on any atom is 0.264 e. The molecular formula is C27H29N3O3S. The second kappa shape index (κ2) is 9.14. The Morgan fingerprint density at radius 1 is 0.882 bits per heavy atom. The van der Waals surface area contributed by atoms with Crippen molar-refractivity contribution >= 4 is 27.3 Å². The first-order chi connectivity index (χ1) is 16.4. The maximum absolute atomic E-state index is 13.4. The SMILES string of the molecule is CN(Cc1ccccc1N1CCCC1)C(=O)c1cccc(S(=O)(=O)N2CCc3ccccc32)c1. The van der Waals surface area contributed by atoms with E-state index in [0.717, 1.165) is 29.9 Å². The number of anilines is 2. The van der Waals surface area contributed by atoms with Crippen LogP contribution in [0.5, 0.6) is 0 Å². The van der Waals surface area contributed by atoms with Gasteiger partial charge in [-0.05, 0) is 60.7 Å². The predicted molar refractivity (Wildman–Crippen MR) is 135 cm³/mol. The normalized spacial score (nSPS) is 15.4. The molecular weight excluding hydrogens is 446 g/mol. The Hall–Kier alpha value is -3.32. The zero-order chi connectivity index (χ0) is 23.7. The molecule has 0 unspecified atom stereocenters. The second-order valence-electron chi connectivity index (χ2n) is 8.97. The molecule has 0 bridgehead atoms. The third-order valence-electron chi connectivity index (χ3n) is 6.71. The highest BCUT2D eigenvalue weighted by molar-refractivity contribution is 7.92. The molecule has 1 amide bonds. The van der Waals surface area contributed by atoms with Crippen LogP contribution in [0.15, 0.2) is 77.7 Å². The highest BCUT2D eigenvalue weighted by Crippen LogP contribution is 2.33. The summed E-state index contributed by atoms with van der Waals surface area (Å²) in [6.07, 6.45) is 3.06. The van der Waals surface area contributed by atoms with Crippen molar-refractivity contribution in [3.8, 4) is 0 Å². The monoisotopic (exact) mass is 475 g/mol. The number of sulfonamides is 1. The highest BCUT2D eigenvalue weighted by Gasteiger charge is 2.31. The molecule has 2 heterocycles. The first-order valence-corrected chi connectivity index (χ1v) is 13.2. The Bertz CT molecular complexity index is 1320. The van der Waals surface area contributed by atoms with Gasteiger partial charge in [-0.3, -0.25) is 9.10 Å². The van der Waals surface area contributed by atoms with E-state index in [9.17, 15) is 13.2 Å². The number of fused-ring (bicyclic) bond motifs is 1. The van der Waals surface area contributed by atoms with Crippen molar-refractivity contribution in [3.05, 3.63) is 89.5 Å². The van der Waals surface area contributed by atoms with E-state index >= 15 is 0 Å². The molecule has 0 aliphatic carbocycles. The lowest BCUT2D eigenvalue weighted by molar-refractivity contribution is 0.0785. The Balaban J connectivity index is 1.37. The molecule has 1 saturated heterocycles. The van der Waals surface area contributed by atoms with Gasteiger partial charge >= 0.3 is 0 Å². The maximum atomic E-state index is 13.4. The molecule has 3 aromatic carbocycles. The third-order valence-corrected chi connectivity index (χ3v) is 8.52. The standard InChI is InChI=1S/C27H29N3O3S/c1-28(20-23-10-3-4-13-25(23)29-16-6-7-17-29)27(31)22-11-8-12-24(19-22)34(32,33)30-18-15-21-9-2-5-14-26(21)30/h2-5,8-14,19H,6-7,15-18,20H2,1H3. The van der Waals surface area contributed by atoms with Crippen LogP contribution in [0.2, 0.25) is 0 Å². The molecule has 34 heavy (non-hydrogen) atoms. The molecule has 176 valence electrons. The Labute approximate surface area is 201 Å². The summed E-state index contributed by atoms with van der Waals surface area (Å²) in [4.78, 5) is 17.5. The highest BCUT2D eigenvalue weighted by atomic mass is 32.2. The van der Waals surface area contributed by atoms with Gasteiger partial charge < -0.3 is 9.80 Å². The van der Waals surface area contributed by atoms with Crippen LogP contribution in [0.1, 0.15) is 34.3 Å². The van der Waals surface area contributed by atoms with Gasteiger partial charge in [-0.1, -0.05) is 42.5 Å². The summed E-state index contributed by atoms with van der Waals surface area (Å²) < 4.78 is 28.3. The van der Waals surface area contributed by atoms with E-state index in [1.807, 2.05) is 36.4 Å². The number of para-hydroxylation sites is 2. The van der Waals surface area contributed by atoms with E-state index in [4.69, 9.17) is 0 Å². The van der Waals surface area contributed by atoms with Gasteiger partial charge in [0.2, 0.25) is 0 Å². The van der Waals surface area contributed by atoms with Crippen LogP contribution < -0.4 is 9.21 Å². The van der Waals surface area contributed by atoms with Gasteiger partial charge in [-0.2, -0.15) is 0 Å². The molecule has 5 rings (SSSR count). The first kappa shape index (κ1) is 22.5. The van der Waals surface area contributed by atoms with Crippen molar-refractivity contribution in [2.24, 2.45) is 0 Å². The Morgan fingerprint density at radius 3 is 2.38 bits per heavy atom. The number of amides is 1. The fraction of sp³-hybridized carbons (Fsp3) is 0.296. The van der Waals surface area contributed by atoms with E-state index in [2.05, 4.69) is 17.0 Å².